The zero-order valence-electron chi connectivity index (χ0n) is 13.8. The molecule has 0 bridgehead atoms. The van der Waals surface area contributed by atoms with E-state index < -0.39 is 0 Å². The number of carbonyl (C=O) groups excluding carboxylic acids is 1. The third-order valence-corrected chi connectivity index (χ3v) is 4.56. The molecule has 1 aromatic carbocycles. The van der Waals surface area contributed by atoms with E-state index in [1.54, 1.807) is 6.33 Å². The molecule has 23 heavy (non-hydrogen) atoms. The van der Waals surface area contributed by atoms with Crippen molar-refractivity contribution >= 4 is 5.91 Å². The van der Waals surface area contributed by atoms with E-state index >= 15 is 0 Å². The standard InChI is InChI=1S/C18H24N4O/c1-13(2)22-12-20-21-17(22)9-10-19-18(23)11-15-8-7-14-5-3-4-6-16(14)15/h3-6,12-13,15H,7-11H2,1-2H3,(H,19,23). The van der Waals surface area contributed by atoms with E-state index in [0.29, 0.717) is 31.3 Å². The van der Waals surface area contributed by atoms with Crippen molar-refractivity contribution in [3.8, 4) is 0 Å². The Morgan fingerprint density at radius 1 is 1.39 bits per heavy atom. The molecule has 0 saturated carbocycles. The molecule has 122 valence electrons. The van der Waals surface area contributed by atoms with Crippen LogP contribution in [-0.2, 0) is 17.6 Å². The number of rotatable bonds is 6. The van der Waals surface area contributed by atoms with E-state index in [0.717, 1.165) is 18.7 Å². The highest BCUT2D eigenvalue weighted by Gasteiger charge is 2.24. The molecular formula is C18H24N4O. The Bertz CT molecular complexity index is 677. The van der Waals surface area contributed by atoms with Gasteiger partial charge in [-0.1, -0.05) is 24.3 Å². The first kappa shape index (κ1) is 15.7. The largest absolute Gasteiger partial charge is 0.356 e. The van der Waals surface area contributed by atoms with E-state index in [2.05, 4.69) is 53.6 Å². The zero-order valence-corrected chi connectivity index (χ0v) is 13.8. The molecule has 1 N–H and O–H groups in total. The molecule has 2 aromatic rings. The average molecular weight is 312 g/mol. The minimum absolute atomic E-state index is 0.127. The molecular weight excluding hydrogens is 288 g/mol. The van der Waals surface area contributed by atoms with Crippen LogP contribution in [0.2, 0.25) is 0 Å². The predicted octanol–water partition coefficient (Wildman–Crippen LogP) is 2.64. The summed E-state index contributed by atoms with van der Waals surface area (Å²) in [5, 5.41) is 11.1. The van der Waals surface area contributed by atoms with Gasteiger partial charge in [0.2, 0.25) is 5.91 Å². The van der Waals surface area contributed by atoms with Crippen LogP contribution in [0.4, 0.5) is 0 Å². The highest BCUT2D eigenvalue weighted by Crippen LogP contribution is 2.34. The normalized spacial score (nSPS) is 16.6. The van der Waals surface area contributed by atoms with Crippen molar-refractivity contribution in [2.45, 2.75) is 51.5 Å². The van der Waals surface area contributed by atoms with Crippen LogP contribution in [0.5, 0.6) is 0 Å². The van der Waals surface area contributed by atoms with Crippen molar-refractivity contribution in [3.05, 3.63) is 47.5 Å². The molecule has 1 atom stereocenters. The Morgan fingerprint density at radius 2 is 2.22 bits per heavy atom. The minimum atomic E-state index is 0.127. The van der Waals surface area contributed by atoms with Crippen LogP contribution in [0, 0.1) is 0 Å². The summed E-state index contributed by atoms with van der Waals surface area (Å²) < 4.78 is 2.04. The molecule has 0 saturated heterocycles. The molecule has 3 rings (SSSR count). The number of nitrogens with zero attached hydrogens (tertiary/aromatic N) is 3. The summed E-state index contributed by atoms with van der Waals surface area (Å²) in [6.07, 6.45) is 5.20. The lowest BCUT2D eigenvalue weighted by molar-refractivity contribution is -0.121. The monoisotopic (exact) mass is 312 g/mol. The highest BCUT2D eigenvalue weighted by molar-refractivity contribution is 5.77. The number of benzene rings is 1. The number of fused-ring (bicyclic) bond motifs is 1. The lowest BCUT2D eigenvalue weighted by Gasteiger charge is -2.13. The molecule has 5 heteroatoms. The fourth-order valence-electron chi connectivity index (χ4n) is 3.34. The van der Waals surface area contributed by atoms with Crippen LogP contribution < -0.4 is 5.32 Å². The Hall–Kier alpha value is -2.17. The van der Waals surface area contributed by atoms with E-state index in [1.165, 1.54) is 11.1 Å². The number of hydrogen-bond donors (Lipinski definition) is 1. The number of amides is 1. The molecule has 5 nitrogen and oxygen atoms in total. The van der Waals surface area contributed by atoms with Crippen molar-refractivity contribution in [2.24, 2.45) is 0 Å². The number of nitrogens with one attached hydrogen (secondary N) is 1. The molecule has 1 unspecified atom stereocenters. The van der Waals surface area contributed by atoms with Crippen LogP contribution in [0.1, 0.15) is 55.6 Å². The Kier molecular flexibility index (Phi) is 4.74. The van der Waals surface area contributed by atoms with Gasteiger partial charge in [-0.3, -0.25) is 4.79 Å². The first-order valence-electron chi connectivity index (χ1n) is 8.38. The maximum absolute atomic E-state index is 12.2. The summed E-state index contributed by atoms with van der Waals surface area (Å²) in [5.74, 6) is 1.42. The van der Waals surface area contributed by atoms with E-state index in [9.17, 15) is 4.79 Å². The van der Waals surface area contributed by atoms with Crippen molar-refractivity contribution in [3.63, 3.8) is 0 Å². The number of carbonyl (C=O) groups is 1. The SMILES string of the molecule is CC(C)n1cnnc1CCNC(=O)CC1CCc2ccccc21. The van der Waals surface area contributed by atoms with Gasteiger partial charge in [0.1, 0.15) is 12.2 Å². The van der Waals surface area contributed by atoms with Crippen LogP contribution >= 0.6 is 0 Å². The lowest BCUT2D eigenvalue weighted by atomic mass is 9.97. The van der Waals surface area contributed by atoms with Gasteiger partial charge in [0.15, 0.2) is 0 Å². The van der Waals surface area contributed by atoms with Gasteiger partial charge in [0.25, 0.3) is 0 Å². The second kappa shape index (κ2) is 6.94. The summed E-state index contributed by atoms with van der Waals surface area (Å²) in [6.45, 7) is 4.81. The van der Waals surface area contributed by atoms with Crippen molar-refractivity contribution in [1.29, 1.82) is 0 Å². The van der Waals surface area contributed by atoms with E-state index in [-0.39, 0.29) is 5.91 Å². The van der Waals surface area contributed by atoms with Crippen LogP contribution in [0.25, 0.3) is 0 Å². The molecule has 1 aromatic heterocycles. The number of hydrogen-bond acceptors (Lipinski definition) is 3. The maximum atomic E-state index is 12.2. The quantitative estimate of drug-likeness (QED) is 0.892. The molecule has 1 aliphatic carbocycles. The van der Waals surface area contributed by atoms with Crippen LogP contribution in [-0.4, -0.2) is 27.2 Å². The van der Waals surface area contributed by atoms with Crippen LogP contribution in [0.3, 0.4) is 0 Å². The average Bonchev–Trinajstić information content (AvgIpc) is 3.15. The second-order valence-corrected chi connectivity index (χ2v) is 6.49. The fraction of sp³-hybridized carbons (Fsp3) is 0.500. The van der Waals surface area contributed by atoms with Gasteiger partial charge in [-0.05, 0) is 43.7 Å². The van der Waals surface area contributed by atoms with Crippen molar-refractivity contribution in [2.75, 3.05) is 6.54 Å². The fourth-order valence-corrected chi connectivity index (χ4v) is 3.34. The Labute approximate surface area is 137 Å². The summed E-state index contributed by atoms with van der Waals surface area (Å²) >= 11 is 0. The van der Waals surface area contributed by atoms with Crippen LogP contribution in [0.15, 0.2) is 30.6 Å². The Balaban J connectivity index is 1.48. The Morgan fingerprint density at radius 3 is 3.04 bits per heavy atom. The zero-order chi connectivity index (χ0) is 16.2. The first-order chi connectivity index (χ1) is 11.1. The lowest BCUT2D eigenvalue weighted by Crippen LogP contribution is -2.27. The van der Waals surface area contributed by atoms with Gasteiger partial charge in [0.05, 0.1) is 0 Å². The minimum Gasteiger partial charge on any atom is -0.356 e. The van der Waals surface area contributed by atoms with Crippen molar-refractivity contribution < 1.29 is 4.79 Å². The van der Waals surface area contributed by atoms with Gasteiger partial charge >= 0.3 is 0 Å². The van der Waals surface area contributed by atoms with Gasteiger partial charge in [0, 0.05) is 25.4 Å². The maximum Gasteiger partial charge on any atom is 0.220 e. The van der Waals surface area contributed by atoms with Gasteiger partial charge in [-0.25, -0.2) is 0 Å². The molecule has 1 heterocycles. The topological polar surface area (TPSA) is 59.8 Å². The summed E-state index contributed by atoms with van der Waals surface area (Å²) in [5.41, 5.74) is 2.75. The van der Waals surface area contributed by atoms with E-state index in [1.807, 2.05) is 4.57 Å². The third kappa shape index (κ3) is 3.60. The molecule has 0 spiro atoms. The number of aromatic nitrogens is 3. The van der Waals surface area contributed by atoms with E-state index in [4.69, 9.17) is 0 Å². The molecule has 0 aliphatic heterocycles. The van der Waals surface area contributed by atoms with Crippen molar-refractivity contribution in [1.82, 2.24) is 20.1 Å². The van der Waals surface area contributed by atoms with Gasteiger partial charge < -0.3 is 9.88 Å². The summed E-state index contributed by atoms with van der Waals surface area (Å²) in [6, 6.07) is 8.81. The molecule has 1 aliphatic rings. The summed E-state index contributed by atoms with van der Waals surface area (Å²) in [4.78, 5) is 12.2. The third-order valence-electron chi connectivity index (χ3n) is 4.56. The van der Waals surface area contributed by atoms with Gasteiger partial charge in [-0.2, -0.15) is 0 Å². The van der Waals surface area contributed by atoms with Gasteiger partial charge in [-0.15, -0.1) is 10.2 Å². The smallest absolute Gasteiger partial charge is 0.220 e. The molecule has 0 radical (unpaired) electrons. The first-order valence-corrected chi connectivity index (χ1v) is 8.38. The summed E-state index contributed by atoms with van der Waals surface area (Å²) in [7, 11) is 0. The molecule has 1 amide bonds. The second-order valence-electron chi connectivity index (χ2n) is 6.49. The highest BCUT2D eigenvalue weighted by atomic mass is 16.1. The predicted molar refractivity (Wildman–Crippen MR) is 89.2 cm³/mol. The molecule has 0 fully saturated rings. The number of aryl methyl sites for hydroxylation is 1.